The number of benzene rings is 2. The molecule has 3 heterocycles. The van der Waals surface area contributed by atoms with Crippen molar-refractivity contribution in [1.29, 1.82) is 0 Å². The van der Waals surface area contributed by atoms with E-state index in [-0.39, 0.29) is 36.0 Å². The summed E-state index contributed by atoms with van der Waals surface area (Å²) in [4.78, 5) is 39.9. The second kappa shape index (κ2) is 10.8. The summed E-state index contributed by atoms with van der Waals surface area (Å²) in [5, 5.41) is 18.2. The molecule has 12 heteroatoms. The average Bonchev–Trinajstić information content (AvgIpc) is 3.60. The maximum absolute atomic E-state index is 12.8. The topological polar surface area (TPSA) is 151 Å². The van der Waals surface area contributed by atoms with Gasteiger partial charge in [0.05, 0.1) is 23.4 Å². The maximum Gasteiger partial charge on any atom is 0.343 e. The van der Waals surface area contributed by atoms with E-state index in [0.29, 0.717) is 22.8 Å². The van der Waals surface area contributed by atoms with Crippen molar-refractivity contribution in [3.63, 3.8) is 0 Å². The molecule has 0 aliphatic carbocycles. The standard InChI is InChI=1S/C27H21N5O7/c1-2-37-27(34)20-15-29-31-21(12-13-28-25(20)31)17-6-5-7-18(14-17)30-26(33)24-11-10-19(39-24)16-38-23-9-4-3-8-22(23)32(35)36/h3-15H,2,16H2,1H3,(H,30,33). The van der Waals surface area contributed by atoms with E-state index in [1.54, 1.807) is 55.6 Å². The number of anilines is 1. The first-order chi connectivity index (χ1) is 18.9. The molecule has 1 N–H and O–H groups in total. The molecule has 196 valence electrons. The van der Waals surface area contributed by atoms with Gasteiger partial charge in [-0.3, -0.25) is 14.9 Å². The number of ether oxygens (including phenoxy) is 2. The third-order valence-corrected chi connectivity index (χ3v) is 5.63. The Kier molecular flexibility index (Phi) is 6.99. The zero-order valence-corrected chi connectivity index (χ0v) is 20.6. The summed E-state index contributed by atoms with van der Waals surface area (Å²) in [7, 11) is 0. The van der Waals surface area contributed by atoms with Gasteiger partial charge in [0.1, 0.15) is 17.9 Å². The van der Waals surface area contributed by atoms with Crippen LogP contribution in [0.15, 0.2) is 83.5 Å². The van der Waals surface area contributed by atoms with Gasteiger partial charge in [-0.15, -0.1) is 0 Å². The quantitative estimate of drug-likeness (QED) is 0.160. The highest BCUT2D eigenvalue weighted by atomic mass is 16.6. The van der Waals surface area contributed by atoms with Gasteiger partial charge in [0.15, 0.2) is 17.2 Å². The molecule has 5 aromatic rings. The minimum Gasteiger partial charge on any atom is -0.479 e. The summed E-state index contributed by atoms with van der Waals surface area (Å²) in [6.45, 7) is 1.86. The molecular formula is C27H21N5O7. The zero-order valence-electron chi connectivity index (χ0n) is 20.6. The average molecular weight is 527 g/mol. The second-order valence-corrected chi connectivity index (χ2v) is 8.16. The number of carbonyl (C=O) groups is 2. The number of esters is 1. The number of nitro groups is 1. The Bertz CT molecular complexity index is 1690. The van der Waals surface area contributed by atoms with Gasteiger partial charge in [-0.2, -0.15) is 5.10 Å². The van der Waals surface area contributed by atoms with Gasteiger partial charge in [-0.1, -0.05) is 24.3 Å². The van der Waals surface area contributed by atoms with E-state index < -0.39 is 16.8 Å². The van der Waals surface area contributed by atoms with Crippen LogP contribution < -0.4 is 10.1 Å². The molecule has 0 spiro atoms. The van der Waals surface area contributed by atoms with Crippen molar-refractivity contribution < 1.29 is 28.4 Å². The summed E-state index contributed by atoms with van der Waals surface area (Å²) >= 11 is 0. The molecule has 3 aromatic heterocycles. The summed E-state index contributed by atoms with van der Waals surface area (Å²) in [6.07, 6.45) is 2.97. The lowest BCUT2D eigenvalue weighted by Gasteiger charge is -2.08. The fourth-order valence-corrected chi connectivity index (χ4v) is 3.87. The van der Waals surface area contributed by atoms with E-state index in [0.717, 1.165) is 5.56 Å². The number of carbonyl (C=O) groups excluding carboxylic acids is 2. The molecule has 1 amide bonds. The second-order valence-electron chi connectivity index (χ2n) is 8.16. The predicted octanol–water partition coefficient (Wildman–Crippen LogP) is 4.91. The zero-order chi connectivity index (χ0) is 27.4. The van der Waals surface area contributed by atoms with Crippen LogP contribution in [-0.4, -0.2) is 38.0 Å². The smallest absolute Gasteiger partial charge is 0.343 e. The summed E-state index contributed by atoms with van der Waals surface area (Å²) in [5.41, 5.74) is 2.31. The van der Waals surface area contributed by atoms with E-state index in [2.05, 4.69) is 15.4 Å². The third-order valence-electron chi connectivity index (χ3n) is 5.63. The van der Waals surface area contributed by atoms with Crippen molar-refractivity contribution >= 4 is 28.9 Å². The highest BCUT2D eigenvalue weighted by molar-refractivity contribution is 6.02. The Hall–Kier alpha value is -5.52. The largest absolute Gasteiger partial charge is 0.479 e. The Morgan fingerprint density at radius 1 is 1.10 bits per heavy atom. The van der Waals surface area contributed by atoms with Crippen molar-refractivity contribution in [2.45, 2.75) is 13.5 Å². The van der Waals surface area contributed by atoms with Crippen LogP contribution in [0.2, 0.25) is 0 Å². The molecule has 0 radical (unpaired) electrons. The molecule has 2 aromatic carbocycles. The molecule has 0 bridgehead atoms. The van der Waals surface area contributed by atoms with Gasteiger partial charge in [-0.05, 0) is 43.3 Å². The van der Waals surface area contributed by atoms with Crippen LogP contribution in [0.1, 0.15) is 33.6 Å². The fourth-order valence-electron chi connectivity index (χ4n) is 3.87. The number of rotatable bonds is 9. The van der Waals surface area contributed by atoms with Gasteiger partial charge in [0, 0.05) is 23.5 Å². The van der Waals surface area contributed by atoms with Crippen LogP contribution in [-0.2, 0) is 11.3 Å². The Labute approximate surface area is 221 Å². The Morgan fingerprint density at radius 3 is 2.77 bits per heavy atom. The first-order valence-corrected chi connectivity index (χ1v) is 11.8. The first-order valence-electron chi connectivity index (χ1n) is 11.8. The summed E-state index contributed by atoms with van der Waals surface area (Å²) < 4.78 is 17.7. The molecule has 0 saturated heterocycles. The SMILES string of the molecule is CCOC(=O)c1cnn2c(-c3cccc(NC(=O)c4ccc(COc5ccccc5[N+](=O)[O-])o4)c3)ccnc12. The van der Waals surface area contributed by atoms with E-state index in [4.69, 9.17) is 13.9 Å². The highest BCUT2D eigenvalue weighted by Gasteiger charge is 2.18. The number of nitrogens with one attached hydrogen (secondary N) is 1. The lowest BCUT2D eigenvalue weighted by atomic mass is 10.1. The number of aromatic nitrogens is 3. The highest BCUT2D eigenvalue weighted by Crippen LogP contribution is 2.27. The van der Waals surface area contributed by atoms with Crippen molar-refractivity contribution in [2.75, 3.05) is 11.9 Å². The van der Waals surface area contributed by atoms with Crippen LogP contribution in [0.3, 0.4) is 0 Å². The molecule has 0 aliphatic heterocycles. The number of para-hydroxylation sites is 2. The minimum absolute atomic E-state index is 0.0408. The van der Waals surface area contributed by atoms with Crippen LogP contribution in [0.4, 0.5) is 11.4 Å². The van der Waals surface area contributed by atoms with Crippen molar-refractivity contribution in [2.24, 2.45) is 0 Å². The predicted molar refractivity (Wildman–Crippen MR) is 138 cm³/mol. The van der Waals surface area contributed by atoms with Gasteiger partial charge < -0.3 is 19.2 Å². The van der Waals surface area contributed by atoms with Crippen LogP contribution in [0, 0.1) is 10.1 Å². The number of fused-ring (bicyclic) bond motifs is 1. The van der Waals surface area contributed by atoms with Crippen molar-refractivity contribution in [3.05, 3.63) is 106 Å². The molecule has 0 unspecified atom stereocenters. The monoisotopic (exact) mass is 527 g/mol. The lowest BCUT2D eigenvalue weighted by Crippen LogP contribution is -2.11. The van der Waals surface area contributed by atoms with Gasteiger partial charge in [-0.25, -0.2) is 14.3 Å². The number of nitro benzene ring substituents is 1. The van der Waals surface area contributed by atoms with E-state index in [1.165, 1.54) is 28.9 Å². The molecule has 0 saturated carbocycles. The minimum atomic E-state index is -0.535. The third kappa shape index (κ3) is 5.30. The van der Waals surface area contributed by atoms with Crippen molar-refractivity contribution in [1.82, 2.24) is 14.6 Å². The summed E-state index contributed by atoms with van der Waals surface area (Å²) in [5.74, 6) is -0.546. The normalized spacial score (nSPS) is 10.8. The first kappa shape index (κ1) is 25.1. The number of hydrogen-bond acceptors (Lipinski definition) is 9. The Morgan fingerprint density at radius 2 is 1.95 bits per heavy atom. The van der Waals surface area contributed by atoms with Gasteiger partial charge >= 0.3 is 11.7 Å². The van der Waals surface area contributed by atoms with Crippen molar-refractivity contribution in [3.8, 4) is 17.0 Å². The van der Waals surface area contributed by atoms with Gasteiger partial charge in [0.25, 0.3) is 5.91 Å². The van der Waals surface area contributed by atoms with Crippen LogP contribution >= 0.6 is 0 Å². The van der Waals surface area contributed by atoms with Crippen LogP contribution in [0.5, 0.6) is 5.75 Å². The van der Waals surface area contributed by atoms with Crippen LogP contribution in [0.25, 0.3) is 16.9 Å². The number of furan rings is 1. The maximum atomic E-state index is 12.8. The molecule has 5 rings (SSSR count). The molecule has 0 aliphatic rings. The lowest BCUT2D eigenvalue weighted by molar-refractivity contribution is -0.386. The fraction of sp³-hybridized carbons (Fsp3) is 0.111. The number of nitrogens with zero attached hydrogens (tertiary/aromatic N) is 4. The Balaban J connectivity index is 1.30. The number of hydrogen-bond donors (Lipinski definition) is 1. The molecule has 0 fully saturated rings. The molecule has 39 heavy (non-hydrogen) atoms. The molecule has 0 atom stereocenters. The number of amides is 1. The van der Waals surface area contributed by atoms with E-state index in [9.17, 15) is 19.7 Å². The molecule has 12 nitrogen and oxygen atoms in total. The molecular weight excluding hydrogens is 506 g/mol. The summed E-state index contributed by atoms with van der Waals surface area (Å²) in [6, 6.07) is 17.9. The van der Waals surface area contributed by atoms with E-state index in [1.807, 2.05) is 6.07 Å². The van der Waals surface area contributed by atoms with E-state index >= 15 is 0 Å². The van der Waals surface area contributed by atoms with Gasteiger partial charge in [0.2, 0.25) is 0 Å².